The Hall–Kier alpha value is -3.54. The number of benzene rings is 2. The third kappa shape index (κ3) is 6.51. The van der Waals surface area contributed by atoms with Gasteiger partial charge in [0.15, 0.2) is 17.5 Å². The molecule has 6 heteroatoms. The maximum absolute atomic E-state index is 5.92. The van der Waals surface area contributed by atoms with E-state index >= 15 is 0 Å². The van der Waals surface area contributed by atoms with Gasteiger partial charge in [0.2, 0.25) is 0 Å². The molecule has 156 valence electrons. The molecule has 2 aromatic carbocycles. The maximum atomic E-state index is 5.92. The van der Waals surface area contributed by atoms with Crippen LogP contribution in [-0.4, -0.2) is 31.1 Å². The second-order valence-electron chi connectivity index (χ2n) is 6.59. The van der Waals surface area contributed by atoms with Gasteiger partial charge >= 0.3 is 0 Å². The Morgan fingerprint density at radius 2 is 1.70 bits per heavy atom. The standard InChI is InChI=1S/C24H28N4O2/c1-3-25-24(27-17-15-20-8-6-7-16-26-20)28-18-19-11-13-21(14-12-19)30-23-10-5-4-9-22(23)29-2/h4-14,16H,3,15,17-18H2,1-2H3,(H2,25,27,28). The number of rotatable bonds is 9. The first-order chi connectivity index (χ1) is 14.8. The number of para-hydroxylation sites is 2. The van der Waals surface area contributed by atoms with Gasteiger partial charge in [0.25, 0.3) is 0 Å². The van der Waals surface area contributed by atoms with Crippen molar-refractivity contribution in [1.82, 2.24) is 15.6 Å². The molecule has 0 radical (unpaired) electrons. The molecule has 0 fully saturated rings. The Bertz CT molecular complexity index is 927. The van der Waals surface area contributed by atoms with E-state index in [1.165, 1.54) is 0 Å². The fourth-order valence-electron chi connectivity index (χ4n) is 2.86. The number of nitrogens with one attached hydrogen (secondary N) is 2. The van der Waals surface area contributed by atoms with Gasteiger partial charge in [0.1, 0.15) is 5.75 Å². The van der Waals surface area contributed by atoms with E-state index in [1.54, 1.807) is 7.11 Å². The summed E-state index contributed by atoms with van der Waals surface area (Å²) in [6.07, 6.45) is 2.66. The molecule has 0 saturated carbocycles. The van der Waals surface area contributed by atoms with Crippen LogP contribution in [0.15, 0.2) is 77.9 Å². The summed E-state index contributed by atoms with van der Waals surface area (Å²) in [5.41, 5.74) is 2.16. The highest BCUT2D eigenvalue weighted by Crippen LogP contribution is 2.30. The van der Waals surface area contributed by atoms with Crippen LogP contribution in [0.4, 0.5) is 0 Å². The summed E-state index contributed by atoms with van der Waals surface area (Å²) in [6, 6.07) is 21.5. The molecule has 0 bridgehead atoms. The molecular weight excluding hydrogens is 376 g/mol. The zero-order chi connectivity index (χ0) is 21.0. The zero-order valence-electron chi connectivity index (χ0n) is 17.5. The number of methoxy groups -OCH3 is 1. The molecule has 6 nitrogen and oxygen atoms in total. The number of hydrogen-bond donors (Lipinski definition) is 2. The predicted molar refractivity (Wildman–Crippen MR) is 120 cm³/mol. The molecular formula is C24H28N4O2. The SMILES string of the molecule is CCNC(=NCc1ccc(Oc2ccccc2OC)cc1)NCCc1ccccn1. The molecule has 3 aromatic rings. The second kappa shape index (κ2) is 11.5. The number of pyridine rings is 1. The van der Waals surface area contributed by atoms with E-state index in [4.69, 9.17) is 9.47 Å². The predicted octanol–water partition coefficient (Wildman–Crippen LogP) is 4.18. The van der Waals surface area contributed by atoms with Crippen LogP contribution < -0.4 is 20.1 Å². The van der Waals surface area contributed by atoms with Crippen LogP contribution in [0.1, 0.15) is 18.2 Å². The largest absolute Gasteiger partial charge is 0.493 e. The van der Waals surface area contributed by atoms with Gasteiger partial charge in [0, 0.05) is 31.4 Å². The van der Waals surface area contributed by atoms with E-state index < -0.39 is 0 Å². The van der Waals surface area contributed by atoms with Crippen LogP contribution in [0, 0.1) is 0 Å². The van der Waals surface area contributed by atoms with Crippen molar-refractivity contribution in [2.75, 3.05) is 20.2 Å². The Morgan fingerprint density at radius 1 is 0.933 bits per heavy atom. The van der Waals surface area contributed by atoms with Gasteiger partial charge in [-0.1, -0.05) is 30.3 Å². The molecule has 1 aromatic heterocycles. The van der Waals surface area contributed by atoms with Crippen LogP contribution in [0.3, 0.4) is 0 Å². The van der Waals surface area contributed by atoms with Crippen LogP contribution in [-0.2, 0) is 13.0 Å². The molecule has 0 amide bonds. The Kier molecular flexibility index (Phi) is 8.09. The third-order valence-electron chi connectivity index (χ3n) is 4.38. The summed E-state index contributed by atoms with van der Waals surface area (Å²) in [7, 11) is 1.63. The van der Waals surface area contributed by atoms with Gasteiger partial charge in [-0.25, -0.2) is 4.99 Å². The molecule has 0 unspecified atom stereocenters. The second-order valence-corrected chi connectivity index (χ2v) is 6.59. The summed E-state index contributed by atoms with van der Waals surface area (Å²) < 4.78 is 11.3. The lowest BCUT2D eigenvalue weighted by Gasteiger charge is -2.12. The summed E-state index contributed by atoms with van der Waals surface area (Å²) in [4.78, 5) is 9.01. The van der Waals surface area contributed by atoms with Gasteiger partial charge in [-0.2, -0.15) is 0 Å². The van der Waals surface area contributed by atoms with Gasteiger partial charge in [-0.05, 0) is 48.9 Å². The molecule has 1 heterocycles. The summed E-state index contributed by atoms with van der Waals surface area (Å²) in [6.45, 7) is 4.21. The lowest BCUT2D eigenvalue weighted by atomic mass is 10.2. The molecule has 3 rings (SSSR count). The molecule has 0 spiro atoms. The topological polar surface area (TPSA) is 67.8 Å². The van der Waals surface area contributed by atoms with Gasteiger partial charge in [-0.3, -0.25) is 4.98 Å². The Labute approximate surface area is 178 Å². The van der Waals surface area contributed by atoms with Crippen molar-refractivity contribution in [3.63, 3.8) is 0 Å². The smallest absolute Gasteiger partial charge is 0.191 e. The average Bonchev–Trinajstić information content (AvgIpc) is 2.79. The molecule has 0 aliphatic rings. The average molecular weight is 405 g/mol. The molecule has 2 N–H and O–H groups in total. The summed E-state index contributed by atoms with van der Waals surface area (Å²) in [5, 5.41) is 6.63. The lowest BCUT2D eigenvalue weighted by molar-refractivity contribution is 0.379. The van der Waals surface area contributed by atoms with Crippen molar-refractivity contribution in [3.05, 3.63) is 84.2 Å². The number of hydrogen-bond acceptors (Lipinski definition) is 4. The normalized spacial score (nSPS) is 11.1. The van der Waals surface area contributed by atoms with E-state index in [2.05, 4.69) is 27.5 Å². The minimum atomic E-state index is 0.577. The van der Waals surface area contributed by atoms with Crippen molar-refractivity contribution in [3.8, 4) is 17.2 Å². The molecule has 0 atom stereocenters. The first kappa shape index (κ1) is 21.2. The van der Waals surface area contributed by atoms with Crippen LogP contribution in [0.25, 0.3) is 0 Å². The first-order valence-corrected chi connectivity index (χ1v) is 10.1. The molecule has 30 heavy (non-hydrogen) atoms. The fourth-order valence-corrected chi connectivity index (χ4v) is 2.86. The van der Waals surface area contributed by atoms with Crippen LogP contribution in [0.2, 0.25) is 0 Å². The Morgan fingerprint density at radius 3 is 2.40 bits per heavy atom. The summed E-state index contributed by atoms with van der Waals surface area (Å²) in [5.74, 6) is 2.95. The number of aliphatic imine (C=N–C) groups is 1. The summed E-state index contributed by atoms with van der Waals surface area (Å²) >= 11 is 0. The lowest BCUT2D eigenvalue weighted by Crippen LogP contribution is -2.38. The number of ether oxygens (including phenoxy) is 2. The minimum absolute atomic E-state index is 0.577. The van der Waals surface area contributed by atoms with Crippen LogP contribution >= 0.6 is 0 Å². The Balaban J connectivity index is 1.55. The van der Waals surface area contributed by atoms with Crippen molar-refractivity contribution in [2.45, 2.75) is 19.9 Å². The van der Waals surface area contributed by atoms with E-state index in [-0.39, 0.29) is 0 Å². The van der Waals surface area contributed by atoms with E-state index in [0.717, 1.165) is 42.5 Å². The van der Waals surface area contributed by atoms with Gasteiger partial charge in [0.05, 0.1) is 13.7 Å². The number of nitrogens with zero attached hydrogens (tertiary/aromatic N) is 2. The number of guanidine groups is 1. The third-order valence-corrected chi connectivity index (χ3v) is 4.38. The molecule has 0 aliphatic heterocycles. The van der Waals surface area contributed by atoms with Crippen LogP contribution in [0.5, 0.6) is 17.2 Å². The monoisotopic (exact) mass is 404 g/mol. The van der Waals surface area contributed by atoms with E-state index in [1.807, 2.05) is 72.9 Å². The maximum Gasteiger partial charge on any atom is 0.191 e. The number of aromatic nitrogens is 1. The van der Waals surface area contributed by atoms with Gasteiger partial charge < -0.3 is 20.1 Å². The molecule has 0 aliphatic carbocycles. The van der Waals surface area contributed by atoms with Crippen molar-refractivity contribution in [1.29, 1.82) is 0 Å². The van der Waals surface area contributed by atoms with Crippen molar-refractivity contribution >= 4 is 5.96 Å². The molecule has 0 saturated heterocycles. The van der Waals surface area contributed by atoms with Gasteiger partial charge in [-0.15, -0.1) is 0 Å². The van der Waals surface area contributed by atoms with E-state index in [9.17, 15) is 0 Å². The fraction of sp³-hybridized carbons (Fsp3) is 0.250. The highest BCUT2D eigenvalue weighted by molar-refractivity contribution is 5.79. The van der Waals surface area contributed by atoms with Crippen molar-refractivity contribution < 1.29 is 9.47 Å². The highest BCUT2D eigenvalue weighted by Gasteiger charge is 2.04. The van der Waals surface area contributed by atoms with E-state index in [0.29, 0.717) is 18.0 Å². The highest BCUT2D eigenvalue weighted by atomic mass is 16.5. The van der Waals surface area contributed by atoms with Crippen molar-refractivity contribution in [2.24, 2.45) is 4.99 Å². The quantitative estimate of drug-likeness (QED) is 0.414. The minimum Gasteiger partial charge on any atom is -0.493 e. The zero-order valence-corrected chi connectivity index (χ0v) is 17.5. The first-order valence-electron chi connectivity index (χ1n) is 10.1.